The predicted octanol–water partition coefficient (Wildman–Crippen LogP) is 4.45. The molecule has 0 radical (unpaired) electrons. The molecule has 0 fully saturated rings. The molecule has 1 aromatic rings. The van der Waals surface area contributed by atoms with E-state index in [0.29, 0.717) is 18.8 Å². The van der Waals surface area contributed by atoms with Crippen molar-refractivity contribution in [1.29, 1.82) is 0 Å². The van der Waals surface area contributed by atoms with Crippen LogP contribution in [-0.2, 0) is 27.3 Å². The lowest BCUT2D eigenvalue weighted by molar-refractivity contribution is -0.116. The lowest BCUT2D eigenvalue weighted by atomic mass is 9.92. The Balaban J connectivity index is 2.72. The molecule has 0 aliphatic rings. The van der Waals surface area contributed by atoms with E-state index in [1.807, 2.05) is 13.0 Å². The molecule has 0 aliphatic heterocycles. The van der Waals surface area contributed by atoms with E-state index in [-0.39, 0.29) is 23.6 Å². The highest BCUT2D eigenvalue weighted by atomic mass is 32.2. The average molecular weight is 443 g/mol. The zero-order chi connectivity index (χ0) is 22.8. The van der Waals surface area contributed by atoms with Gasteiger partial charge in [-0.2, -0.15) is 9.40 Å². The van der Waals surface area contributed by atoms with Crippen molar-refractivity contribution < 1.29 is 13.2 Å². The number of aromatic nitrogens is 2. The second-order valence-electron chi connectivity index (χ2n) is 9.11. The van der Waals surface area contributed by atoms with Crippen LogP contribution in [0.15, 0.2) is 6.07 Å². The monoisotopic (exact) mass is 442 g/mol. The molecule has 0 atom stereocenters. The zero-order valence-electron chi connectivity index (χ0n) is 19.8. The van der Waals surface area contributed by atoms with E-state index >= 15 is 0 Å². The van der Waals surface area contributed by atoms with Crippen LogP contribution < -0.4 is 5.32 Å². The van der Waals surface area contributed by atoms with Crippen LogP contribution in [0.2, 0.25) is 0 Å². The van der Waals surface area contributed by atoms with Crippen molar-refractivity contribution in [2.45, 2.75) is 91.4 Å². The van der Waals surface area contributed by atoms with E-state index in [0.717, 1.165) is 37.8 Å². The van der Waals surface area contributed by atoms with Gasteiger partial charge in [0, 0.05) is 25.1 Å². The van der Waals surface area contributed by atoms with Gasteiger partial charge in [-0.15, -0.1) is 0 Å². The van der Waals surface area contributed by atoms with Gasteiger partial charge in [-0.1, -0.05) is 73.1 Å². The number of unbranched alkanes of at least 4 members (excludes halogenated alkanes) is 6. The van der Waals surface area contributed by atoms with Gasteiger partial charge in [0.25, 0.3) is 0 Å². The van der Waals surface area contributed by atoms with E-state index in [2.05, 4.69) is 38.1 Å². The summed E-state index contributed by atoms with van der Waals surface area (Å²) in [5, 5.41) is 7.28. The minimum atomic E-state index is -3.45. The Morgan fingerprint density at radius 3 is 2.23 bits per heavy atom. The molecule has 0 spiro atoms. The van der Waals surface area contributed by atoms with Crippen LogP contribution in [0.4, 0.5) is 5.82 Å². The molecular weight excluding hydrogens is 400 g/mol. The van der Waals surface area contributed by atoms with E-state index in [1.165, 1.54) is 17.1 Å². The molecule has 0 bridgehead atoms. The molecule has 30 heavy (non-hydrogen) atoms. The van der Waals surface area contributed by atoms with Gasteiger partial charge in [-0.3, -0.25) is 9.48 Å². The highest BCUT2D eigenvalue weighted by molar-refractivity contribution is 7.89. The fraction of sp³-hybridized carbons (Fsp3) is 0.818. The van der Waals surface area contributed by atoms with Gasteiger partial charge < -0.3 is 5.32 Å². The number of anilines is 1. The summed E-state index contributed by atoms with van der Waals surface area (Å²) in [6.07, 6.45) is 7.76. The summed E-state index contributed by atoms with van der Waals surface area (Å²) >= 11 is 0. The second-order valence-corrected chi connectivity index (χ2v) is 11.2. The molecule has 1 N–H and O–H groups in total. The molecule has 0 saturated heterocycles. The molecule has 1 heterocycles. The van der Waals surface area contributed by atoms with E-state index in [4.69, 9.17) is 0 Å². The molecule has 0 aliphatic carbocycles. The SMILES string of the molecule is CCCCCCCCS(=O)(=O)N(CCCC)CC(=O)Nc1cc(C(C)(C)C)nn1C. The fourth-order valence-electron chi connectivity index (χ4n) is 3.14. The van der Waals surface area contributed by atoms with Gasteiger partial charge >= 0.3 is 0 Å². The Labute approximate surface area is 183 Å². The van der Waals surface area contributed by atoms with Crippen molar-refractivity contribution in [2.75, 3.05) is 24.2 Å². The maximum Gasteiger partial charge on any atom is 0.240 e. The third-order valence-electron chi connectivity index (χ3n) is 5.15. The number of hydrogen-bond donors (Lipinski definition) is 1. The van der Waals surface area contributed by atoms with Gasteiger partial charge in [0.2, 0.25) is 15.9 Å². The highest BCUT2D eigenvalue weighted by Gasteiger charge is 2.25. The topological polar surface area (TPSA) is 84.3 Å². The van der Waals surface area contributed by atoms with Crippen molar-refractivity contribution in [1.82, 2.24) is 14.1 Å². The summed E-state index contributed by atoms with van der Waals surface area (Å²) in [4.78, 5) is 12.6. The number of aryl methyl sites for hydroxylation is 1. The smallest absolute Gasteiger partial charge is 0.240 e. The van der Waals surface area contributed by atoms with E-state index in [1.54, 1.807) is 11.7 Å². The number of nitrogens with one attached hydrogen (secondary N) is 1. The fourth-order valence-corrected chi connectivity index (χ4v) is 4.69. The molecule has 8 heteroatoms. The van der Waals surface area contributed by atoms with E-state index < -0.39 is 10.0 Å². The first-order valence-electron chi connectivity index (χ1n) is 11.3. The average Bonchev–Trinajstić information content (AvgIpc) is 3.02. The van der Waals surface area contributed by atoms with Crippen LogP contribution in [0.1, 0.15) is 91.7 Å². The van der Waals surface area contributed by atoms with Gasteiger partial charge in [-0.05, 0) is 12.8 Å². The molecule has 1 amide bonds. The van der Waals surface area contributed by atoms with Crippen molar-refractivity contribution in [2.24, 2.45) is 7.05 Å². The first-order valence-corrected chi connectivity index (χ1v) is 12.9. The minimum absolute atomic E-state index is 0.107. The Kier molecular flexibility index (Phi) is 11.0. The van der Waals surface area contributed by atoms with Crippen molar-refractivity contribution >= 4 is 21.7 Å². The molecule has 0 aromatic carbocycles. The number of hydrogen-bond acceptors (Lipinski definition) is 4. The molecule has 1 rings (SSSR count). The van der Waals surface area contributed by atoms with Gasteiger partial charge in [-0.25, -0.2) is 8.42 Å². The largest absolute Gasteiger partial charge is 0.310 e. The maximum atomic E-state index is 12.8. The second kappa shape index (κ2) is 12.4. The van der Waals surface area contributed by atoms with Crippen LogP contribution in [0.25, 0.3) is 0 Å². The standard InChI is InChI=1S/C22H42N4O3S/c1-7-9-11-12-13-14-16-30(28,29)26(15-10-8-2)18-21(27)23-20-17-19(22(3,4)5)24-25(20)6/h17H,7-16,18H2,1-6H3,(H,23,27). The summed E-state index contributed by atoms with van der Waals surface area (Å²) in [6, 6.07) is 1.85. The lowest BCUT2D eigenvalue weighted by Crippen LogP contribution is -2.40. The number of nitrogens with zero attached hydrogens (tertiary/aromatic N) is 3. The van der Waals surface area contributed by atoms with Gasteiger partial charge in [0.05, 0.1) is 18.0 Å². The lowest BCUT2D eigenvalue weighted by Gasteiger charge is -2.21. The van der Waals surface area contributed by atoms with Crippen LogP contribution in [-0.4, -0.2) is 47.3 Å². The third-order valence-corrected chi connectivity index (χ3v) is 7.05. The number of rotatable bonds is 14. The number of sulfonamides is 1. The first-order chi connectivity index (χ1) is 14.0. The summed E-state index contributed by atoms with van der Waals surface area (Å²) in [7, 11) is -1.68. The summed E-state index contributed by atoms with van der Waals surface area (Å²) in [6.45, 7) is 10.6. The van der Waals surface area contributed by atoms with Crippen LogP contribution >= 0.6 is 0 Å². The predicted molar refractivity (Wildman–Crippen MR) is 124 cm³/mol. The van der Waals surface area contributed by atoms with Crippen molar-refractivity contribution in [3.63, 3.8) is 0 Å². The third kappa shape index (κ3) is 9.16. The first kappa shape index (κ1) is 26.6. The molecule has 7 nitrogen and oxygen atoms in total. The van der Waals surface area contributed by atoms with Crippen LogP contribution in [0, 0.1) is 0 Å². The summed E-state index contributed by atoms with van der Waals surface area (Å²) in [5.74, 6) is 0.352. The molecule has 1 aromatic heterocycles. The van der Waals surface area contributed by atoms with Crippen molar-refractivity contribution in [3.8, 4) is 0 Å². The highest BCUT2D eigenvalue weighted by Crippen LogP contribution is 2.23. The number of carbonyl (C=O) groups excluding carboxylic acids is 1. The van der Waals surface area contributed by atoms with Gasteiger partial charge in [0.1, 0.15) is 5.82 Å². The Morgan fingerprint density at radius 1 is 1.07 bits per heavy atom. The molecule has 0 unspecified atom stereocenters. The Hall–Kier alpha value is -1.41. The Bertz CT molecular complexity index is 751. The van der Waals surface area contributed by atoms with E-state index in [9.17, 15) is 13.2 Å². The van der Waals surface area contributed by atoms with Gasteiger partial charge in [0.15, 0.2) is 0 Å². The number of amides is 1. The molecule has 174 valence electrons. The van der Waals surface area contributed by atoms with Crippen LogP contribution in [0.5, 0.6) is 0 Å². The molecule has 0 saturated carbocycles. The maximum absolute atomic E-state index is 12.8. The molecular formula is C22H42N4O3S. The normalized spacial score (nSPS) is 12.5. The summed E-state index contributed by atoms with van der Waals surface area (Å²) < 4.78 is 28.7. The Morgan fingerprint density at radius 2 is 1.67 bits per heavy atom. The van der Waals surface area contributed by atoms with Crippen molar-refractivity contribution in [3.05, 3.63) is 11.8 Å². The zero-order valence-corrected chi connectivity index (χ0v) is 20.6. The minimum Gasteiger partial charge on any atom is -0.310 e. The van der Waals surface area contributed by atoms with Crippen LogP contribution in [0.3, 0.4) is 0 Å². The summed E-state index contributed by atoms with van der Waals surface area (Å²) in [5.41, 5.74) is 0.743. The number of carbonyl (C=O) groups is 1. The quantitative estimate of drug-likeness (QED) is 0.431.